The van der Waals surface area contributed by atoms with Gasteiger partial charge in [-0.1, -0.05) is 43.6 Å². The molecule has 1 saturated carbocycles. The van der Waals surface area contributed by atoms with Gasteiger partial charge in [-0.25, -0.2) is 0 Å². The lowest BCUT2D eigenvalue weighted by atomic mass is 10.0. The fourth-order valence-electron chi connectivity index (χ4n) is 2.13. The summed E-state index contributed by atoms with van der Waals surface area (Å²) in [5.41, 5.74) is -0.0122. The van der Waals surface area contributed by atoms with Crippen molar-refractivity contribution >= 4 is 23.4 Å². The Hall–Kier alpha value is -1.55. The van der Waals surface area contributed by atoms with Crippen LogP contribution in [0.15, 0.2) is 24.3 Å². The minimum Gasteiger partial charge on any atom is -0.355 e. The summed E-state index contributed by atoms with van der Waals surface area (Å²) in [6.07, 6.45) is 1.23. The molecule has 21 heavy (non-hydrogen) atoms. The average molecular weight is 309 g/mol. The van der Waals surface area contributed by atoms with E-state index >= 15 is 0 Å². The molecule has 0 saturated heterocycles. The lowest BCUT2D eigenvalue weighted by Gasteiger charge is -2.16. The van der Waals surface area contributed by atoms with Crippen LogP contribution in [0.2, 0.25) is 5.02 Å². The third-order valence-corrected chi connectivity index (χ3v) is 4.06. The van der Waals surface area contributed by atoms with Gasteiger partial charge in [0.25, 0.3) is 0 Å². The van der Waals surface area contributed by atoms with Crippen LogP contribution < -0.4 is 10.6 Å². The molecule has 0 aromatic heterocycles. The molecule has 0 unspecified atom stereocenters. The molecule has 2 rings (SSSR count). The lowest BCUT2D eigenvalue weighted by Crippen LogP contribution is -2.43. The number of hydrogen-bond donors (Lipinski definition) is 2. The van der Waals surface area contributed by atoms with Gasteiger partial charge in [-0.3, -0.25) is 9.59 Å². The third-order valence-electron chi connectivity index (χ3n) is 3.69. The smallest absolute Gasteiger partial charge is 0.235 e. The quantitative estimate of drug-likeness (QED) is 0.793. The number of carbonyl (C=O) groups is 2. The van der Waals surface area contributed by atoms with Gasteiger partial charge in [0.2, 0.25) is 11.8 Å². The van der Waals surface area contributed by atoms with Gasteiger partial charge in [-0.2, -0.15) is 0 Å². The van der Waals surface area contributed by atoms with Crippen LogP contribution >= 0.6 is 11.6 Å². The van der Waals surface area contributed by atoms with Crippen molar-refractivity contribution < 1.29 is 9.59 Å². The number of carbonyl (C=O) groups excluding carboxylic acids is 2. The predicted octanol–water partition coefficient (Wildman–Crippen LogP) is 2.51. The van der Waals surface area contributed by atoms with Crippen LogP contribution in [0.3, 0.4) is 0 Å². The first kappa shape index (κ1) is 15.8. The van der Waals surface area contributed by atoms with E-state index < -0.39 is 5.41 Å². The van der Waals surface area contributed by atoms with Crippen LogP contribution in [-0.2, 0) is 16.1 Å². The van der Waals surface area contributed by atoms with Crippen LogP contribution in [0, 0.1) is 11.3 Å². The zero-order chi connectivity index (χ0) is 15.5. The standard InChI is InChI=1S/C16H21ClN2O2/c1-11(2)9-18-14(20)16(7-8-16)15(21)19-10-12-5-3-4-6-13(12)17/h3-6,11H,7-10H2,1-2H3,(H,18,20)(H,19,21). The van der Waals surface area contributed by atoms with E-state index in [1.807, 2.05) is 32.0 Å². The Morgan fingerprint density at radius 2 is 1.81 bits per heavy atom. The molecule has 1 aromatic rings. The first-order valence-electron chi connectivity index (χ1n) is 7.26. The van der Waals surface area contributed by atoms with Gasteiger partial charge in [0.1, 0.15) is 5.41 Å². The minimum absolute atomic E-state index is 0.159. The molecule has 2 amide bonds. The SMILES string of the molecule is CC(C)CNC(=O)C1(C(=O)NCc2ccccc2Cl)CC1. The molecular weight excluding hydrogens is 288 g/mol. The highest BCUT2D eigenvalue weighted by Crippen LogP contribution is 2.46. The molecule has 0 atom stereocenters. The maximum absolute atomic E-state index is 12.3. The fourth-order valence-corrected chi connectivity index (χ4v) is 2.34. The van der Waals surface area contributed by atoms with E-state index in [1.54, 1.807) is 6.07 Å². The van der Waals surface area contributed by atoms with Crippen molar-refractivity contribution in [1.82, 2.24) is 10.6 Å². The van der Waals surface area contributed by atoms with Crippen molar-refractivity contribution in [2.24, 2.45) is 11.3 Å². The highest BCUT2D eigenvalue weighted by atomic mass is 35.5. The second kappa shape index (κ2) is 6.48. The van der Waals surface area contributed by atoms with Crippen molar-refractivity contribution in [3.05, 3.63) is 34.9 Å². The summed E-state index contributed by atoms with van der Waals surface area (Å²) in [6.45, 7) is 4.99. The van der Waals surface area contributed by atoms with Crippen molar-refractivity contribution in [3.63, 3.8) is 0 Å². The zero-order valence-electron chi connectivity index (χ0n) is 12.4. The summed E-state index contributed by atoms with van der Waals surface area (Å²) < 4.78 is 0. The maximum atomic E-state index is 12.3. The van der Waals surface area contributed by atoms with E-state index in [9.17, 15) is 9.59 Å². The first-order valence-corrected chi connectivity index (χ1v) is 7.63. The van der Waals surface area contributed by atoms with Crippen LogP contribution in [0.1, 0.15) is 32.3 Å². The van der Waals surface area contributed by atoms with Crippen LogP contribution in [-0.4, -0.2) is 18.4 Å². The molecule has 0 bridgehead atoms. The predicted molar refractivity (Wildman–Crippen MR) is 82.8 cm³/mol. The van der Waals surface area contributed by atoms with Crippen LogP contribution in [0.25, 0.3) is 0 Å². The van der Waals surface area contributed by atoms with Gasteiger partial charge in [0.05, 0.1) is 0 Å². The van der Waals surface area contributed by atoms with Crippen molar-refractivity contribution in [1.29, 1.82) is 0 Å². The van der Waals surface area contributed by atoms with Gasteiger partial charge < -0.3 is 10.6 Å². The fraction of sp³-hybridized carbons (Fsp3) is 0.500. The molecule has 2 N–H and O–H groups in total. The summed E-state index contributed by atoms with van der Waals surface area (Å²) in [7, 11) is 0. The minimum atomic E-state index is -0.865. The number of benzene rings is 1. The monoisotopic (exact) mass is 308 g/mol. The lowest BCUT2D eigenvalue weighted by molar-refractivity contribution is -0.137. The molecular formula is C16H21ClN2O2. The Bertz CT molecular complexity index is 539. The zero-order valence-corrected chi connectivity index (χ0v) is 13.2. The highest BCUT2D eigenvalue weighted by Gasteiger charge is 2.56. The normalized spacial score (nSPS) is 15.6. The molecule has 1 aromatic carbocycles. The number of rotatable bonds is 6. The molecule has 114 valence electrons. The molecule has 0 aliphatic heterocycles. The molecule has 0 radical (unpaired) electrons. The highest BCUT2D eigenvalue weighted by molar-refractivity contribution is 6.31. The van der Waals surface area contributed by atoms with Gasteiger partial charge in [0.15, 0.2) is 0 Å². The Morgan fingerprint density at radius 3 is 2.38 bits per heavy atom. The van der Waals surface area contributed by atoms with Gasteiger partial charge in [0, 0.05) is 18.1 Å². The van der Waals surface area contributed by atoms with Crippen molar-refractivity contribution in [2.45, 2.75) is 33.2 Å². The second-order valence-corrected chi connectivity index (χ2v) is 6.37. The molecule has 5 heteroatoms. The number of nitrogens with one attached hydrogen (secondary N) is 2. The molecule has 4 nitrogen and oxygen atoms in total. The van der Waals surface area contributed by atoms with Gasteiger partial charge in [-0.05, 0) is 30.4 Å². The van der Waals surface area contributed by atoms with Gasteiger partial charge in [-0.15, -0.1) is 0 Å². The van der Waals surface area contributed by atoms with Gasteiger partial charge >= 0.3 is 0 Å². The Labute approximate surface area is 130 Å². The summed E-state index contributed by atoms with van der Waals surface area (Å²) in [6, 6.07) is 7.36. The Morgan fingerprint density at radius 1 is 1.19 bits per heavy atom. The van der Waals surface area contributed by atoms with Crippen molar-refractivity contribution in [2.75, 3.05) is 6.54 Å². The average Bonchev–Trinajstić information content (AvgIpc) is 3.25. The number of hydrogen-bond acceptors (Lipinski definition) is 2. The second-order valence-electron chi connectivity index (χ2n) is 5.96. The van der Waals surface area contributed by atoms with E-state index in [2.05, 4.69) is 10.6 Å². The Kier molecular flexibility index (Phi) is 4.88. The van der Waals surface area contributed by atoms with E-state index in [-0.39, 0.29) is 11.8 Å². The first-order chi connectivity index (χ1) is 9.95. The summed E-state index contributed by atoms with van der Waals surface area (Å²) >= 11 is 6.05. The van der Waals surface area contributed by atoms with E-state index in [0.29, 0.717) is 36.9 Å². The largest absolute Gasteiger partial charge is 0.355 e. The Balaban J connectivity index is 1.91. The van der Waals surface area contributed by atoms with Crippen molar-refractivity contribution in [3.8, 4) is 0 Å². The molecule has 0 heterocycles. The summed E-state index contributed by atoms with van der Waals surface area (Å²) in [5.74, 6) is 0.00692. The molecule has 1 fully saturated rings. The number of halogens is 1. The van der Waals surface area contributed by atoms with Crippen LogP contribution in [0.4, 0.5) is 0 Å². The van der Waals surface area contributed by atoms with Crippen LogP contribution in [0.5, 0.6) is 0 Å². The third kappa shape index (κ3) is 3.76. The molecule has 1 aliphatic rings. The summed E-state index contributed by atoms with van der Waals surface area (Å²) in [4.78, 5) is 24.4. The molecule has 1 aliphatic carbocycles. The molecule has 0 spiro atoms. The topological polar surface area (TPSA) is 58.2 Å². The van der Waals surface area contributed by atoms with E-state index in [0.717, 1.165) is 5.56 Å². The maximum Gasteiger partial charge on any atom is 0.235 e. The van der Waals surface area contributed by atoms with E-state index in [4.69, 9.17) is 11.6 Å². The number of amides is 2. The summed E-state index contributed by atoms with van der Waals surface area (Å²) in [5, 5.41) is 6.29. The van der Waals surface area contributed by atoms with E-state index in [1.165, 1.54) is 0 Å².